The molecular formula is C29H55N3O3. The van der Waals surface area contributed by atoms with Crippen molar-refractivity contribution in [2.45, 2.75) is 136 Å². The highest BCUT2D eigenvalue weighted by Crippen LogP contribution is 2.10. The fourth-order valence-corrected chi connectivity index (χ4v) is 3.76. The quantitative estimate of drug-likeness (QED) is 0.0504. The summed E-state index contributed by atoms with van der Waals surface area (Å²) < 4.78 is 28.0. The van der Waals surface area contributed by atoms with Crippen molar-refractivity contribution in [1.29, 1.82) is 5.41 Å². The van der Waals surface area contributed by atoms with Gasteiger partial charge >= 0.3 is 5.97 Å². The largest absolute Gasteiger partial charge is 0.464 e. The summed E-state index contributed by atoms with van der Waals surface area (Å²) in [4.78, 5) is 24.9. The van der Waals surface area contributed by atoms with Crippen molar-refractivity contribution in [2.24, 2.45) is 0 Å². The van der Waals surface area contributed by atoms with Crippen molar-refractivity contribution < 1.29 is 18.4 Å². The molecule has 2 N–H and O–H groups in total. The first-order valence-electron chi connectivity index (χ1n) is 15.7. The van der Waals surface area contributed by atoms with E-state index >= 15 is 0 Å². The van der Waals surface area contributed by atoms with Crippen LogP contribution in [-0.2, 0) is 14.3 Å². The smallest absolute Gasteiger partial charge is 0.325 e. The van der Waals surface area contributed by atoms with Crippen molar-refractivity contribution in [2.75, 3.05) is 20.1 Å². The molecule has 0 aliphatic heterocycles. The molecule has 0 saturated heterocycles. The maximum absolute atomic E-state index is 12.2. The average molecular weight is 497 g/mol. The maximum atomic E-state index is 12.2. The summed E-state index contributed by atoms with van der Waals surface area (Å²) in [7, 11) is 0. The van der Waals surface area contributed by atoms with Crippen molar-refractivity contribution in [3.63, 3.8) is 0 Å². The Balaban J connectivity index is 3.99. The number of nitrogens with one attached hydrogen (secondary N) is 2. The number of carbonyl (C=O) groups excluding carboxylic acids is 2. The number of likely N-dealkylation sites (N-methyl/N-ethyl adjacent to an activating group) is 1. The molecule has 0 spiro atoms. The summed E-state index contributed by atoms with van der Waals surface area (Å²) in [6.45, 7) is 1.26. The van der Waals surface area contributed by atoms with Gasteiger partial charge in [0.2, 0.25) is 5.91 Å². The maximum Gasteiger partial charge on any atom is 0.325 e. The Labute approximate surface area is 220 Å². The van der Waals surface area contributed by atoms with Crippen LogP contribution in [0.25, 0.3) is 0 Å². The standard InChI is InChI=1S/C29H55N3O3/c1-4-6-8-10-11-12-13-14-15-16-17-18-19-20-22-24-27(33)31-29(30)32(3)26-28(34)35-25-23-21-9-7-5-2/h14-15H,4-13,16-26H2,1-3H3,(H2,30,31,33)/b15-14-/i3D3. The topological polar surface area (TPSA) is 82.5 Å². The third kappa shape index (κ3) is 23.7. The lowest BCUT2D eigenvalue weighted by Crippen LogP contribution is -2.43. The number of ether oxygens (including phenoxy) is 1. The lowest BCUT2D eigenvalue weighted by molar-refractivity contribution is -0.144. The lowest BCUT2D eigenvalue weighted by atomic mass is 10.1. The molecule has 0 heterocycles. The van der Waals surface area contributed by atoms with Crippen molar-refractivity contribution in [1.82, 2.24) is 10.2 Å². The number of amides is 1. The molecule has 0 aromatic carbocycles. The highest BCUT2D eigenvalue weighted by atomic mass is 16.5. The first kappa shape index (κ1) is 27.7. The zero-order valence-corrected chi connectivity index (χ0v) is 22.7. The monoisotopic (exact) mass is 496 g/mol. The minimum Gasteiger partial charge on any atom is -0.464 e. The molecule has 0 aromatic rings. The van der Waals surface area contributed by atoms with Crippen molar-refractivity contribution >= 4 is 17.8 Å². The summed E-state index contributed by atoms with van der Waals surface area (Å²) in [5.74, 6) is -1.72. The van der Waals surface area contributed by atoms with Crippen LogP contribution >= 0.6 is 0 Å². The van der Waals surface area contributed by atoms with E-state index in [9.17, 15) is 9.59 Å². The van der Waals surface area contributed by atoms with Gasteiger partial charge in [0.15, 0.2) is 5.96 Å². The van der Waals surface area contributed by atoms with Gasteiger partial charge < -0.3 is 9.64 Å². The number of guanidine groups is 1. The van der Waals surface area contributed by atoms with E-state index in [0.717, 1.165) is 64.2 Å². The number of hydrogen-bond acceptors (Lipinski definition) is 4. The van der Waals surface area contributed by atoms with Crippen LogP contribution < -0.4 is 5.32 Å². The zero-order valence-electron chi connectivity index (χ0n) is 25.7. The Bertz CT molecular complexity index is 655. The van der Waals surface area contributed by atoms with Gasteiger partial charge in [-0.15, -0.1) is 0 Å². The third-order valence-corrected chi connectivity index (χ3v) is 5.99. The SMILES string of the molecule is [2H]C([2H])([2H])N(CC(=O)OCCCCCCC)C(=N)NC(=O)CCCCCCC/C=C\CCCCCCCC. The van der Waals surface area contributed by atoms with E-state index in [1.54, 1.807) is 0 Å². The lowest BCUT2D eigenvalue weighted by Gasteiger charge is -2.19. The first-order valence-corrected chi connectivity index (χ1v) is 14.2. The van der Waals surface area contributed by atoms with E-state index in [0.29, 0.717) is 11.3 Å². The second kappa shape index (κ2) is 25.2. The van der Waals surface area contributed by atoms with Gasteiger partial charge in [-0.25, -0.2) is 0 Å². The van der Waals surface area contributed by atoms with Gasteiger partial charge in [-0.3, -0.25) is 20.3 Å². The molecule has 0 unspecified atom stereocenters. The fraction of sp³-hybridized carbons (Fsp3) is 0.828. The van der Waals surface area contributed by atoms with Crippen LogP contribution in [0.2, 0.25) is 0 Å². The first-order chi connectivity index (χ1) is 18.2. The van der Waals surface area contributed by atoms with Crippen LogP contribution in [0, 0.1) is 5.41 Å². The summed E-state index contributed by atoms with van der Waals surface area (Å²) in [5.41, 5.74) is 0. The second-order valence-corrected chi connectivity index (χ2v) is 9.45. The van der Waals surface area contributed by atoms with E-state index in [4.69, 9.17) is 14.3 Å². The molecule has 0 aliphatic rings. The van der Waals surface area contributed by atoms with Crippen LogP contribution in [0.1, 0.15) is 140 Å². The Hall–Kier alpha value is -1.85. The van der Waals surface area contributed by atoms with Gasteiger partial charge in [-0.1, -0.05) is 103 Å². The minimum atomic E-state index is -2.73. The molecule has 0 rings (SSSR count). The van der Waals surface area contributed by atoms with Crippen LogP contribution in [0.15, 0.2) is 12.2 Å². The van der Waals surface area contributed by atoms with Gasteiger partial charge in [0.25, 0.3) is 0 Å². The Morgan fingerprint density at radius 2 is 1.31 bits per heavy atom. The van der Waals surface area contributed by atoms with Gasteiger partial charge in [-0.2, -0.15) is 0 Å². The van der Waals surface area contributed by atoms with Gasteiger partial charge in [0.05, 0.1) is 6.61 Å². The molecule has 0 fully saturated rings. The molecule has 6 nitrogen and oxygen atoms in total. The van der Waals surface area contributed by atoms with Crippen LogP contribution in [0.3, 0.4) is 0 Å². The molecule has 0 saturated carbocycles. The summed E-state index contributed by atoms with van der Waals surface area (Å²) in [5, 5.41) is 10.4. The molecule has 0 bridgehead atoms. The third-order valence-electron chi connectivity index (χ3n) is 5.99. The number of rotatable bonds is 23. The number of esters is 1. The number of carbonyl (C=O) groups is 2. The van der Waals surface area contributed by atoms with E-state index in [2.05, 4.69) is 31.3 Å². The Kier molecular flexibility index (Phi) is 20.0. The number of unbranched alkanes of at least 4 members (excludes halogenated alkanes) is 15. The predicted molar refractivity (Wildman–Crippen MR) is 148 cm³/mol. The molecule has 0 aromatic heterocycles. The predicted octanol–water partition coefficient (Wildman–Crippen LogP) is 7.52. The van der Waals surface area contributed by atoms with E-state index < -0.39 is 31.4 Å². The van der Waals surface area contributed by atoms with Crippen molar-refractivity contribution in [3.05, 3.63) is 12.2 Å². The molecule has 0 radical (unpaired) electrons. The van der Waals surface area contributed by atoms with Gasteiger partial charge in [0.1, 0.15) is 6.54 Å². The molecule has 35 heavy (non-hydrogen) atoms. The van der Waals surface area contributed by atoms with Crippen LogP contribution in [-0.4, -0.2) is 42.9 Å². The number of allylic oxidation sites excluding steroid dienone is 2. The molecule has 1 amide bonds. The van der Waals surface area contributed by atoms with Gasteiger partial charge in [0, 0.05) is 17.5 Å². The summed E-state index contributed by atoms with van der Waals surface area (Å²) >= 11 is 0. The highest BCUT2D eigenvalue weighted by molar-refractivity contribution is 5.96. The number of hydrogen-bond donors (Lipinski definition) is 2. The Morgan fingerprint density at radius 3 is 1.89 bits per heavy atom. The number of nitrogens with zero attached hydrogens (tertiary/aromatic N) is 1. The zero-order chi connectivity index (χ0) is 28.5. The Morgan fingerprint density at radius 1 is 0.800 bits per heavy atom. The molecular weight excluding hydrogens is 438 g/mol. The fourth-order valence-electron chi connectivity index (χ4n) is 3.76. The highest BCUT2D eigenvalue weighted by Gasteiger charge is 2.13. The van der Waals surface area contributed by atoms with Crippen LogP contribution in [0.4, 0.5) is 0 Å². The summed E-state index contributed by atoms with van der Waals surface area (Å²) in [6, 6.07) is 0. The summed E-state index contributed by atoms with van der Waals surface area (Å²) in [6.07, 6.45) is 25.0. The molecule has 6 heteroatoms. The van der Waals surface area contributed by atoms with Gasteiger partial charge in [-0.05, 0) is 38.5 Å². The molecule has 204 valence electrons. The molecule has 0 atom stereocenters. The van der Waals surface area contributed by atoms with E-state index in [-0.39, 0.29) is 13.0 Å². The molecule has 0 aliphatic carbocycles. The van der Waals surface area contributed by atoms with E-state index in [1.807, 2.05) is 0 Å². The average Bonchev–Trinajstić information content (AvgIpc) is 2.86. The normalized spacial score (nSPS) is 12.7. The minimum absolute atomic E-state index is 0.220. The second-order valence-electron chi connectivity index (χ2n) is 9.45. The van der Waals surface area contributed by atoms with Crippen molar-refractivity contribution in [3.8, 4) is 0 Å². The van der Waals surface area contributed by atoms with Crippen LogP contribution in [0.5, 0.6) is 0 Å². The van der Waals surface area contributed by atoms with E-state index in [1.165, 1.54) is 44.9 Å².